The van der Waals surface area contributed by atoms with Gasteiger partial charge in [-0.3, -0.25) is 10.1 Å². The third-order valence-electron chi connectivity index (χ3n) is 1.18. The van der Waals surface area contributed by atoms with Crippen LogP contribution in [-0.4, -0.2) is 4.92 Å². The van der Waals surface area contributed by atoms with Gasteiger partial charge >= 0.3 is 0 Å². The molecule has 0 spiro atoms. The van der Waals surface area contributed by atoms with Crippen molar-refractivity contribution in [2.24, 2.45) is 0 Å². The van der Waals surface area contributed by atoms with E-state index in [0.29, 0.717) is 14.0 Å². The Morgan fingerprint density at radius 2 is 1.75 bits per heavy atom. The molecule has 1 aromatic carbocycles. The van der Waals surface area contributed by atoms with E-state index in [2.05, 4.69) is 31.9 Å². The minimum Gasteiger partial charge on any atom is -0.258 e. The summed E-state index contributed by atoms with van der Waals surface area (Å²) in [5.74, 6) is 0. The maximum atomic E-state index is 10.3. The molecule has 6 heteroatoms. The number of rotatable bonds is 1. The number of nitro groups is 1. The molecule has 0 saturated heterocycles. The summed E-state index contributed by atoms with van der Waals surface area (Å²) < 4.78 is 1.01. The molecule has 3 nitrogen and oxygen atoms in total. The van der Waals surface area contributed by atoms with Crippen LogP contribution in [0.1, 0.15) is 0 Å². The molecule has 0 amide bonds. The van der Waals surface area contributed by atoms with Crippen molar-refractivity contribution in [2.75, 3.05) is 0 Å². The zero-order valence-corrected chi connectivity index (χ0v) is 9.48. The SMILES string of the molecule is O=[N+]([O-])c1cc(Br)c(Cl)c(Br)c1. The van der Waals surface area contributed by atoms with Crippen LogP contribution in [0.2, 0.25) is 5.02 Å². The summed E-state index contributed by atoms with van der Waals surface area (Å²) >= 11 is 11.9. The Hall–Kier alpha value is -0.130. The maximum absolute atomic E-state index is 10.3. The van der Waals surface area contributed by atoms with Crippen LogP contribution in [0.4, 0.5) is 5.69 Å². The van der Waals surface area contributed by atoms with Crippen molar-refractivity contribution in [3.8, 4) is 0 Å². The zero-order valence-electron chi connectivity index (χ0n) is 5.55. The van der Waals surface area contributed by atoms with Crippen molar-refractivity contribution in [2.45, 2.75) is 0 Å². The topological polar surface area (TPSA) is 43.1 Å². The summed E-state index contributed by atoms with van der Waals surface area (Å²) in [5, 5.41) is 10.8. The minimum absolute atomic E-state index is 0.00171. The van der Waals surface area contributed by atoms with Gasteiger partial charge in [0.2, 0.25) is 0 Å². The number of hydrogen-bond acceptors (Lipinski definition) is 2. The Balaban J connectivity index is 3.31. The van der Waals surface area contributed by atoms with Crippen molar-refractivity contribution in [1.29, 1.82) is 0 Å². The van der Waals surface area contributed by atoms with E-state index in [0.717, 1.165) is 0 Å². The molecule has 0 aliphatic carbocycles. The highest BCUT2D eigenvalue weighted by molar-refractivity contribution is 9.11. The molecule has 0 atom stereocenters. The molecule has 1 aromatic rings. The smallest absolute Gasteiger partial charge is 0.258 e. The quantitative estimate of drug-likeness (QED) is 0.450. The van der Waals surface area contributed by atoms with Gasteiger partial charge < -0.3 is 0 Å². The Labute approximate surface area is 90.1 Å². The van der Waals surface area contributed by atoms with E-state index >= 15 is 0 Å². The Morgan fingerprint density at radius 3 is 2.08 bits per heavy atom. The van der Waals surface area contributed by atoms with Gasteiger partial charge in [0.25, 0.3) is 5.69 Å². The van der Waals surface area contributed by atoms with Crippen molar-refractivity contribution >= 4 is 49.1 Å². The first-order valence-electron chi connectivity index (χ1n) is 2.81. The Bertz CT molecular complexity index is 319. The summed E-state index contributed by atoms with van der Waals surface area (Å²) in [6.45, 7) is 0. The van der Waals surface area contributed by atoms with Crippen LogP contribution in [0.5, 0.6) is 0 Å². The largest absolute Gasteiger partial charge is 0.271 e. The van der Waals surface area contributed by atoms with Gasteiger partial charge in [0.1, 0.15) is 0 Å². The van der Waals surface area contributed by atoms with Crippen LogP contribution in [-0.2, 0) is 0 Å². The first-order valence-corrected chi connectivity index (χ1v) is 4.77. The number of hydrogen-bond donors (Lipinski definition) is 0. The van der Waals surface area contributed by atoms with Gasteiger partial charge in [-0.1, -0.05) is 11.6 Å². The van der Waals surface area contributed by atoms with Gasteiger partial charge in [-0.2, -0.15) is 0 Å². The second-order valence-corrected chi connectivity index (χ2v) is 4.07. The molecule has 0 heterocycles. The molecule has 1 rings (SSSR count). The average Bonchev–Trinajstić information content (AvgIpc) is 1.99. The minimum atomic E-state index is -0.480. The molecule has 0 aliphatic rings. The predicted octanol–water partition coefficient (Wildman–Crippen LogP) is 3.77. The average molecular weight is 315 g/mol. The van der Waals surface area contributed by atoms with E-state index in [1.807, 2.05) is 0 Å². The number of non-ortho nitro benzene ring substituents is 1. The summed E-state index contributed by atoms with van der Waals surface area (Å²) in [7, 11) is 0. The first kappa shape index (κ1) is 9.95. The molecular formula is C6H2Br2ClNO2. The van der Waals surface area contributed by atoms with Crippen LogP contribution in [0.15, 0.2) is 21.1 Å². The van der Waals surface area contributed by atoms with Crippen LogP contribution in [0, 0.1) is 10.1 Å². The van der Waals surface area contributed by atoms with E-state index in [-0.39, 0.29) is 5.69 Å². The van der Waals surface area contributed by atoms with Crippen molar-refractivity contribution in [1.82, 2.24) is 0 Å². The fraction of sp³-hybridized carbons (Fsp3) is 0. The molecule has 0 unspecified atom stereocenters. The van der Waals surface area contributed by atoms with E-state index in [1.54, 1.807) is 0 Å². The summed E-state index contributed by atoms with van der Waals surface area (Å²) in [5.41, 5.74) is -0.00171. The van der Waals surface area contributed by atoms with Crippen molar-refractivity contribution in [3.05, 3.63) is 36.2 Å². The Morgan fingerprint density at radius 1 is 1.33 bits per heavy atom. The lowest BCUT2D eigenvalue weighted by molar-refractivity contribution is -0.385. The lowest BCUT2D eigenvalue weighted by Crippen LogP contribution is -1.88. The second-order valence-electron chi connectivity index (χ2n) is 1.98. The lowest BCUT2D eigenvalue weighted by atomic mass is 10.3. The number of benzene rings is 1. The highest BCUT2D eigenvalue weighted by Crippen LogP contribution is 2.34. The van der Waals surface area contributed by atoms with Gasteiger partial charge in [0, 0.05) is 21.1 Å². The molecule has 0 aliphatic heterocycles. The van der Waals surface area contributed by atoms with E-state index in [4.69, 9.17) is 11.6 Å². The van der Waals surface area contributed by atoms with Crippen LogP contribution < -0.4 is 0 Å². The van der Waals surface area contributed by atoms with Crippen LogP contribution in [0.25, 0.3) is 0 Å². The molecule has 0 fully saturated rings. The molecule has 0 aromatic heterocycles. The molecule has 0 N–H and O–H groups in total. The van der Waals surface area contributed by atoms with Crippen molar-refractivity contribution in [3.63, 3.8) is 0 Å². The van der Waals surface area contributed by atoms with Gasteiger partial charge in [-0.15, -0.1) is 0 Å². The fourth-order valence-corrected chi connectivity index (χ4v) is 1.92. The van der Waals surface area contributed by atoms with Crippen LogP contribution in [0.3, 0.4) is 0 Å². The molecule has 64 valence electrons. The highest BCUT2D eigenvalue weighted by atomic mass is 79.9. The third-order valence-corrected chi connectivity index (χ3v) is 3.29. The third kappa shape index (κ3) is 1.97. The molecule has 12 heavy (non-hydrogen) atoms. The van der Waals surface area contributed by atoms with Gasteiger partial charge in [-0.05, 0) is 31.9 Å². The summed E-state index contributed by atoms with van der Waals surface area (Å²) in [4.78, 5) is 9.86. The van der Waals surface area contributed by atoms with Gasteiger partial charge in [0.15, 0.2) is 0 Å². The maximum Gasteiger partial charge on any atom is 0.271 e. The van der Waals surface area contributed by atoms with E-state index < -0.39 is 4.92 Å². The standard InChI is InChI=1S/C6H2Br2ClNO2/c7-4-1-3(10(11)12)2-5(8)6(4)9/h1-2H. The second kappa shape index (κ2) is 3.72. The monoisotopic (exact) mass is 313 g/mol. The fourth-order valence-electron chi connectivity index (χ4n) is 0.648. The predicted molar refractivity (Wildman–Crippen MR) is 53.5 cm³/mol. The molecule has 0 saturated carbocycles. The van der Waals surface area contributed by atoms with E-state index in [1.165, 1.54) is 12.1 Å². The van der Waals surface area contributed by atoms with Crippen molar-refractivity contribution < 1.29 is 4.92 Å². The lowest BCUT2D eigenvalue weighted by Gasteiger charge is -1.98. The molecular weight excluding hydrogens is 313 g/mol. The van der Waals surface area contributed by atoms with Gasteiger partial charge in [0.05, 0.1) is 9.95 Å². The summed E-state index contributed by atoms with van der Waals surface area (Å²) in [6.07, 6.45) is 0. The van der Waals surface area contributed by atoms with Crippen LogP contribution >= 0.6 is 43.5 Å². The normalized spacial score (nSPS) is 9.92. The summed E-state index contributed by atoms with van der Waals surface area (Å²) in [6, 6.07) is 2.71. The number of halogens is 3. The molecule has 0 radical (unpaired) electrons. The Kier molecular flexibility index (Phi) is 3.09. The first-order chi connectivity index (χ1) is 5.52. The zero-order chi connectivity index (χ0) is 9.30. The number of nitrogens with zero attached hydrogens (tertiary/aromatic N) is 1. The molecule has 0 bridgehead atoms. The highest BCUT2D eigenvalue weighted by Gasteiger charge is 2.11. The van der Waals surface area contributed by atoms with Gasteiger partial charge in [-0.25, -0.2) is 0 Å². The van der Waals surface area contributed by atoms with E-state index in [9.17, 15) is 10.1 Å². The number of nitro benzene ring substituents is 1.